The molecule has 1 aliphatic carbocycles. The van der Waals surface area contributed by atoms with Crippen molar-refractivity contribution >= 4 is 5.91 Å². The van der Waals surface area contributed by atoms with Gasteiger partial charge in [0.05, 0.1) is 0 Å². The van der Waals surface area contributed by atoms with Crippen LogP contribution in [0.15, 0.2) is 24.3 Å². The van der Waals surface area contributed by atoms with E-state index in [1.807, 2.05) is 24.3 Å². The molecule has 0 spiro atoms. The zero-order valence-electron chi connectivity index (χ0n) is 9.57. The van der Waals surface area contributed by atoms with Crippen molar-refractivity contribution in [1.82, 2.24) is 5.32 Å². The Morgan fingerprint density at radius 1 is 1.38 bits per heavy atom. The van der Waals surface area contributed by atoms with E-state index in [4.69, 9.17) is 5.73 Å². The van der Waals surface area contributed by atoms with Gasteiger partial charge in [0.25, 0.3) is 5.91 Å². The molecule has 1 amide bonds. The van der Waals surface area contributed by atoms with Gasteiger partial charge < -0.3 is 11.1 Å². The third kappa shape index (κ3) is 2.42. The quantitative estimate of drug-likeness (QED) is 0.811. The Morgan fingerprint density at radius 3 is 2.50 bits per heavy atom. The Kier molecular flexibility index (Phi) is 3.25. The summed E-state index contributed by atoms with van der Waals surface area (Å²) >= 11 is 0. The van der Waals surface area contributed by atoms with Gasteiger partial charge in [0.1, 0.15) is 0 Å². The summed E-state index contributed by atoms with van der Waals surface area (Å²) < 4.78 is 0. The van der Waals surface area contributed by atoms with Crippen LogP contribution in [-0.2, 0) is 6.54 Å². The number of rotatable bonds is 3. The van der Waals surface area contributed by atoms with E-state index in [-0.39, 0.29) is 5.91 Å². The molecule has 1 saturated carbocycles. The van der Waals surface area contributed by atoms with Gasteiger partial charge in [0.2, 0.25) is 0 Å². The maximum Gasteiger partial charge on any atom is 0.251 e. The van der Waals surface area contributed by atoms with Gasteiger partial charge in [-0.2, -0.15) is 0 Å². The molecule has 0 aliphatic heterocycles. The Hall–Kier alpha value is -1.35. The van der Waals surface area contributed by atoms with Crippen molar-refractivity contribution in [3.8, 4) is 0 Å². The minimum absolute atomic E-state index is 0.0282. The lowest BCUT2D eigenvalue weighted by Crippen LogP contribution is -2.43. The monoisotopic (exact) mass is 218 g/mol. The van der Waals surface area contributed by atoms with E-state index in [1.165, 1.54) is 0 Å². The van der Waals surface area contributed by atoms with Crippen LogP contribution in [0, 0.1) is 5.92 Å². The minimum atomic E-state index is 0.0282. The number of carbonyl (C=O) groups is 1. The Bertz CT molecular complexity index is 366. The zero-order chi connectivity index (χ0) is 11.5. The highest BCUT2D eigenvalue weighted by atomic mass is 16.1. The Morgan fingerprint density at radius 2 is 2.00 bits per heavy atom. The fraction of sp³-hybridized carbons (Fsp3) is 0.462. The maximum absolute atomic E-state index is 11.8. The van der Waals surface area contributed by atoms with E-state index >= 15 is 0 Å². The van der Waals surface area contributed by atoms with Gasteiger partial charge in [-0.1, -0.05) is 19.1 Å². The molecular formula is C13H18N2O. The SMILES string of the molecule is CC1CC(NC(=O)c2ccc(CN)cc2)C1. The molecular weight excluding hydrogens is 200 g/mol. The highest BCUT2D eigenvalue weighted by Crippen LogP contribution is 2.26. The van der Waals surface area contributed by atoms with Gasteiger partial charge in [-0.3, -0.25) is 4.79 Å². The summed E-state index contributed by atoms with van der Waals surface area (Å²) in [5.41, 5.74) is 7.27. The lowest BCUT2D eigenvalue weighted by molar-refractivity contribution is 0.0896. The second-order valence-electron chi connectivity index (χ2n) is 4.65. The third-order valence-electron chi connectivity index (χ3n) is 3.16. The van der Waals surface area contributed by atoms with Crippen LogP contribution in [0.4, 0.5) is 0 Å². The van der Waals surface area contributed by atoms with E-state index in [0.29, 0.717) is 12.6 Å². The molecule has 0 aromatic heterocycles. The van der Waals surface area contributed by atoms with Gasteiger partial charge in [-0.25, -0.2) is 0 Å². The van der Waals surface area contributed by atoms with E-state index in [1.54, 1.807) is 0 Å². The number of hydrogen-bond donors (Lipinski definition) is 2. The van der Waals surface area contributed by atoms with Crippen molar-refractivity contribution in [2.24, 2.45) is 11.7 Å². The topological polar surface area (TPSA) is 55.1 Å². The molecule has 86 valence electrons. The van der Waals surface area contributed by atoms with Crippen molar-refractivity contribution in [3.63, 3.8) is 0 Å². The molecule has 0 radical (unpaired) electrons. The van der Waals surface area contributed by atoms with E-state index in [9.17, 15) is 4.79 Å². The molecule has 2 rings (SSSR count). The fourth-order valence-corrected chi connectivity index (χ4v) is 2.08. The summed E-state index contributed by atoms with van der Waals surface area (Å²) in [6.45, 7) is 2.72. The second-order valence-corrected chi connectivity index (χ2v) is 4.65. The number of nitrogens with two attached hydrogens (primary N) is 1. The predicted molar refractivity (Wildman–Crippen MR) is 64.0 cm³/mol. The molecule has 1 aliphatic rings. The average molecular weight is 218 g/mol. The summed E-state index contributed by atoms with van der Waals surface area (Å²) in [6, 6.07) is 7.84. The van der Waals surface area contributed by atoms with Crippen molar-refractivity contribution in [3.05, 3.63) is 35.4 Å². The van der Waals surface area contributed by atoms with Crippen molar-refractivity contribution in [2.45, 2.75) is 32.4 Å². The Balaban J connectivity index is 1.93. The average Bonchev–Trinajstić information content (AvgIpc) is 2.27. The van der Waals surface area contributed by atoms with Gasteiger partial charge in [-0.15, -0.1) is 0 Å². The summed E-state index contributed by atoms with van der Waals surface area (Å²) in [5, 5.41) is 3.03. The van der Waals surface area contributed by atoms with Crippen molar-refractivity contribution in [1.29, 1.82) is 0 Å². The molecule has 0 unspecified atom stereocenters. The van der Waals surface area contributed by atoms with Crippen LogP contribution in [0.5, 0.6) is 0 Å². The normalized spacial score (nSPS) is 23.6. The molecule has 3 nitrogen and oxygen atoms in total. The van der Waals surface area contributed by atoms with Crippen LogP contribution in [-0.4, -0.2) is 11.9 Å². The molecule has 0 saturated heterocycles. The number of benzene rings is 1. The van der Waals surface area contributed by atoms with Crippen LogP contribution < -0.4 is 11.1 Å². The largest absolute Gasteiger partial charge is 0.349 e. The van der Waals surface area contributed by atoms with Crippen molar-refractivity contribution in [2.75, 3.05) is 0 Å². The minimum Gasteiger partial charge on any atom is -0.349 e. The number of amides is 1. The van der Waals surface area contributed by atoms with Crippen LogP contribution in [0.3, 0.4) is 0 Å². The molecule has 0 bridgehead atoms. The number of hydrogen-bond acceptors (Lipinski definition) is 2. The van der Waals surface area contributed by atoms with Gasteiger partial charge in [-0.05, 0) is 36.5 Å². The van der Waals surface area contributed by atoms with E-state index < -0.39 is 0 Å². The van der Waals surface area contributed by atoms with Crippen LogP contribution in [0.2, 0.25) is 0 Å². The molecule has 3 N–H and O–H groups in total. The summed E-state index contributed by atoms with van der Waals surface area (Å²) in [7, 11) is 0. The lowest BCUT2D eigenvalue weighted by Gasteiger charge is -2.33. The zero-order valence-corrected chi connectivity index (χ0v) is 9.57. The van der Waals surface area contributed by atoms with Crippen molar-refractivity contribution < 1.29 is 4.79 Å². The summed E-state index contributed by atoms with van der Waals surface area (Å²) in [5.74, 6) is 0.783. The first-order valence-corrected chi connectivity index (χ1v) is 5.79. The van der Waals surface area contributed by atoms with Crippen LogP contribution in [0.1, 0.15) is 35.7 Å². The molecule has 16 heavy (non-hydrogen) atoms. The van der Waals surface area contributed by atoms with Gasteiger partial charge in [0, 0.05) is 18.2 Å². The number of carbonyl (C=O) groups excluding carboxylic acids is 1. The van der Waals surface area contributed by atoms with E-state index in [0.717, 1.165) is 29.9 Å². The summed E-state index contributed by atoms with van der Waals surface area (Å²) in [6.07, 6.45) is 2.21. The van der Waals surface area contributed by atoms with Gasteiger partial charge in [0.15, 0.2) is 0 Å². The first-order valence-electron chi connectivity index (χ1n) is 5.79. The fourth-order valence-electron chi connectivity index (χ4n) is 2.08. The lowest BCUT2D eigenvalue weighted by atomic mass is 9.82. The molecule has 1 fully saturated rings. The standard InChI is InChI=1S/C13H18N2O/c1-9-6-12(7-9)15-13(16)11-4-2-10(8-14)3-5-11/h2-5,9,12H,6-8,14H2,1H3,(H,15,16). The second kappa shape index (κ2) is 4.66. The molecule has 0 heterocycles. The highest BCUT2D eigenvalue weighted by Gasteiger charge is 2.26. The van der Waals surface area contributed by atoms with Crippen LogP contribution in [0.25, 0.3) is 0 Å². The smallest absolute Gasteiger partial charge is 0.251 e. The molecule has 3 heteroatoms. The van der Waals surface area contributed by atoms with Gasteiger partial charge >= 0.3 is 0 Å². The first kappa shape index (κ1) is 11.1. The molecule has 0 atom stereocenters. The third-order valence-corrected chi connectivity index (χ3v) is 3.16. The first-order chi connectivity index (χ1) is 7.69. The Labute approximate surface area is 96.0 Å². The van der Waals surface area contributed by atoms with Crippen LogP contribution >= 0.6 is 0 Å². The molecule has 1 aromatic carbocycles. The summed E-state index contributed by atoms with van der Waals surface area (Å²) in [4.78, 5) is 11.8. The van der Waals surface area contributed by atoms with E-state index in [2.05, 4.69) is 12.2 Å². The number of nitrogens with one attached hydrogen (secondary N) is 1. The molecule has 1 aromatic rings. The highest BCUT2D eigenvalue weighted by molar-refractivity contribution is 5.94. The predicted octanol–water partition coefficient (Wildman–Crippen LogP) is 1.67. The maximum atomic E-state index is 11.8.